The number of aliphatic hydroxyl groups excluding tert-OH is 1. The van der Waals surface area contributed by atoms with Crippen LogP contribution in [0.4, 0.5) is 5.95 Å². The van der Waals surface area contributed by atoms with Gasteiger partial charge in [0.1, 0.15) is 0 Å². The second kappa shape index (κ2) is 4.57. The Hall–Kier alpha value is -1.47. The fourth-order valence-corrected chi connectivity index (χ4v) is 2.61. The van der Waals surface area contributed by atoms with Gasteiger partial charge in [0.2, 0.25) is 5.95 Å². The molecule has 1 saturated carbocycles. The zero-order valence-electron chi connectivity index (χ0n) is 10.8. The summed E-state index contributed by atoms with van der Waals surface area (Å²) in [5, 5.41) is 18.4. The number of aliphatic hydroxyl groups is 1. The minimum atomic E-state index is -0.401. The highest BCUT2D eigenvalue weighted by Gasteiger charge is 2.30. The van der Waals surface area contributed by atoms with Crippen LogP contribution in [0.1, 0.15) is 25.3 Å². The van der Waals surface area contributed by atoms with Crippen LogP contribution in [-0.4, -0.2) is 50.3 Å². The first kappa shape index (κ1) is 12.6. The van der Waals surface area contributed by atoms with Crippen LogP contribution in [0.25, 0.3) is 11.2 Å². The normalized spacial score (nSPS) is 23.2. The molecule has 1 aliphatic rings. The molecule has 0 amide bonds. The molecule has 1 fully saturated rings. The molecule has 1 aliphatic carbocycles. The summed E-state index contributed by atoms with van der Waals surface area (Å²) >= 11 is 6.11. The molecule has 2 aromatic heterocycles. The first-order valence-corrected chi connectivity index (χ1v) is 6.59. The fraction of sp³-hybridized carbons (Fsp3) is 0.636. The van der Waals surface area contributed by atoms with Crippen LogP contribution in [0.3, 0.4) is 0 Å². The maximum Gasteiger partial charge on any atom is 0.228 e. The van der Waals surface area contributed by atoms with E-state index in [2.05, 4.69) is 20.3 Å². The van der Waals surface area contributed by atoms with Crippen molar-refractivity contribution in [3.8, 4) is 0 Å². The molecule has 8 heteroatoms. The van der Waals surface area contributed by atoms with Crippen molar-refractivity contribution in [2.75, 3.05) is 19.0 Å². The van der Waals surface area contributed by atoms with Crippen LogP contribution in [0, 0.1) is 0 Å². The van der Waals surface area contributed by atoms with E-state index in [1.807, 2.05) is 14.1 Å². The number of rotatable bonds is 2. The average Bonchev–Trinajstić information content (AvgIpc) is 2.94. The Morgan fingerprint density at radius 2 is 2.11 bits per heavy atom. The van der Waals surface area contributed by atoms with Crippen molar-refractivity contribution < 1.29 is 5.11 Å². The van der Waals surface area contributed by atoms with Crippen molar-refractivity contribution in [3.05, 3.63) is 5.15 Å². The third-order valence-electron chi connectivity index (χ3n) is 3.43. The monoisotopic (exact) mass is 282 g/mol. The molecule has 2 aromatic rings. The molecule has 3 rings (SSSR count). The first-order valence-electron chi connectivity index (χ1n) is 6.21. The summed E-state index contributed by atoms with van der Waals surface area (Å²) in [7, 11) is 3.69. The molecule has 2 heterocycles. The number of hydrogen-bond donors (Lipinski definition) is 1. The fourth-order valence-electron chi connectivity index (χ4n) is 2.42. The molecule has 19 heavy (non-hydrogen) atoms. The molecule has 0 bridgehead atoms. The number of halogens is 1. The molecule has 0 aromatic carbocycles. The van der Waals surface area contributed by atoms with Crippen molar-refractivity contribution in [2.24, 2.45) is 0 Å². The minimum absolute atomic E-state index is 0.0778. The van der Waals surface area contributed by atoms with Gasteiger partial charge in [-0.1, -0.05) is 16.8 Å². The summed E-state index contributed by atoms with van der Waals surface area (Å²) in [6.07, 6.45) is 2.23. The highest BCUT2D eigenvalue weighted by atomic mass is 35.5. The van der Waals surface area contributed by atoms with Gasteiger partial charge in [0.25, 0.3) is 0 Å². The summed E-state index contributed by atoms with van der Waals surface area (Å²) in [4.78, 5) is 10.4. The predicted molar refractivity (Wildman–Crippen MR) is 71.3 cm³/mol. The second-order valence-electron chi connectivity index (χ2n) is 4.98. The lowest BCUT2D eigenvalue weighted by Gasteiger charge is -2.15. The van der Waals surface area contributed by atoms with E-state index in [0.717, 1.165) is 19.3 Å². The quantitative estimate of drug-likeness (QED) is 0.829. The van der Waals surface area contributed by atoms with Gasteiger partial charge in [-0.2, -0.15) is 9.97 Å². The molecule has 0 spiro atoms. The van der Waals surface area contributed by atoms with E-state index in [1.54, 1.807) is 9.58 Å². The topological polar surface area (TPSA) is 80.0 Å². The average molecular weight is 283 g/mol. The summed E-state index contributed by atoms with van der Waals surface area (Å²) in [5.41, 5.74) is 1.06. The molecule has 7 nitrogen and oxygen atoms in total. The number of hydrogen-bond acceptors (Lipinski definition) is 6. The van der Waals surface area contributed by atoms with Crippen molar-refractivity contribution in [2.45, 2.75) is 31.4 Å². The Morgan fingerprint density at radius 1 is 1.32 bits per heavy atom. The minimum Gasteiger partial charge on any atom is -0.391 e. The third kappa shape index (κ3) is 2.02. The lowest BCUT2D eigenvalue weighted by Crippen LogP contribution is -2.20. The van der Waals surface area contributed by atoms with Crippen LogP contribution in [0.5, 0.6) is 0 Å². The van der Waals surface area contributed by atoms with Gasteiger partial charge in [-0.3, -0.25) is 0 Å². The zero-order chi connectivity index (χ0) is 13.6. The van der Waals surface area contributed by atoms with E-state index in [0.29, 0.717) is 17.1 Å². The Morgan fingerprint density at radius 3 is 2.74 bits per heavy atom. The maximum absolute atomic E-state index is 9.99. The van der Waals surface area contributed by atoms with Gasteiger partial charge in [0.05, 0.1) is 12.1 Å². The van der Waals surface area contributed by atoms with Gasteiger partial charge in [-0.25, -0.2) is 4.68 Å². The molecule has 2 atom stereocenters. The molecule has 102 valence electrons. The Balaban J connectivity index is 2.15. The summed E-state index contributed by atoms with van der Waals surface area (Å²) < 4.78 is 1.67. The Bertz CT molecular complexity index is 612. The van der Waals surface area contributed by atoms with Crippen molar-refractivity contribution in [1.29, 1.82) is 0 Å². The standard InChI is InChI=1S/C11H15ClN6O/c1-17(2)11-13-9(12)8-10(14-11)18(16-15-8)6-4-3-5-7(6)19/h6-7,19H,3-5H2,1-2H3/t6-,7+/m0/s1. The number of nitrogens with zero attached hydrogens (tertiary/aromatic N) is 6. The summed E-state index contributed by atoms with van der Waals surface area (Å²) in [6, 6.07) is -0.0778. The first-order chi connectivity index (χ1) is 9.08. The molecule has 0 aliphatic heterocycles. The number of anilines is 1. The lowest BCUT2D eigenvalue weighted by molar-refractivity contribution is 0.131. The zero-order valence-corrected chi connectivity index (χ0v) is 11.5. The van der Waals surface area contributed by atoms with E-state index in [-0.39, 0.29) is 11.2 Å². The van der Waals surface area contributed by atoms with Crippen molar-refractivity contribution in [3.63, 3.8) is 0 Å². The predicted octanol–water partition coefficient (Wildman–Crippen LogP) is 1.03. The van der Waals surface area contributed by atoms with E-state index in [4.69, 9.17) is 11.6 Å². The largest absolute Gasteiger partial charge is 0.391 e. The molecule has 0 unspecified atom stereocenters. The molecule has 0 radical (unpaired) electrons. The van der Waals surface area contributed by atoms with Crippen molar-refractivity contribution >= 4 is 28.7 Å². The highest BCUT2D eigenvalue weighted by molar-refractivity contribution is 6.33. The number of aromatic nitrogens is 5. The van der Waals surface area contributed by atoms with Crippen LogP contribution >= 0.6 is 11.6 Å². The van der Waals surface area contributed by atoms with E-state index >= 15 is 0 Å². The van der Waals surface area contributed by atoms with E-state index in [9.17, 15) is 5.11 Å². The number of fused-ring (bicyclic) bond motifs is 1. The lowest BCUT2D eigenvalue weighted by atomic mass is 10.2. The van der Waals surface area contributed by atoms with Gasteiger partial charge in [-0.05, 0) is 19.3 Å². The highest BCUT2D eigenvalue weighted by Crippen LogP contribution is 2.32. The van der Waals surface area contributed by atoms with Gasteiger partial charge in [0, 0.05) is 14.1 Å². The van der Waals surface area contributed by atoms with Gasteiger partial charge in [0.15, 0.2) is 16.3 Å². The summed E-state index contributed by atoms with van der Waals surface area (Å²) in [6.45, 7) is 0. The van der Waals surface area contributed by atoms with Crippen LogP contribution in [-0.2, 0) is 0 Å². The van der Waals surface area contributed by atoms with Gasteiger partial charge in [-0.15, -0.1) is 5.10 Å². The van der Waals surface area contributed by atoms with E-state index < -0.39 is 6.10 Å². The van der Waals surface area contributed by atoms with Crippen LogP contribution < -0.4 is 4.90 Å². The van der Waals surface area contributed by atoms with Crippen LogP contribution in [0.2, 0.25) is 5.15 Å². The van der Waals surface area contributed by atoms with Crippen LogP contribution in [0.15, 0.2) is 0 Å². The Labute approximate surface area is 115 Å². The molecular formula is C11H15ClN6O. The molecular weight excluding hydrogens is 268 g/mol. The third-order valence-corrected chi connectivity index (χ3v) is 3.69. The van der Waals surface area contributed by atoms with Crippen molar-refractivity contribution in [1.82, 2.24) is 25.0 Å². The SMILES string of the molecule is CN(C)c1nc(Cl)c2nnn([C@H]3CCC[C@H]3O)c2n1. The Kier molecular flexibility index (Phi) is 3.02. The smallest absolute Gasteiger partial charge is 0.228 e. The molecule has 0 saturated heterocycles. The van der Waals surface area contributed by atoms with Gasteiger partial charge < -0.3 is 10.0 Å². The maximum atomic E-state index is 9.99. The van der Waals surface area contributed by atoms with Gasteiger partial charge >= 0.3 is 0 Å². The van der Waals surface area contributed by atoms with E-state index in [1.165, 1.54) is 0 Å². The second-order valence-corrected chi connectivity index (χ2v) is 5.34. The summed E-state index contributed by atoms with van der Waals surface area (Å²) in [5.74, 6) is 0.508. The molecule has 1 N–H and O–H groups in total.